The molecule has 1 saturated heterocycles. The highest BCUT2D eigenvalue weighted by Gasteiger charge is 2.20. The number of aliphatic hydroxyl groups excluding tert-OH is 1. The maximum atomic E-state index is 9.36. The van der Waals surface area contributed by atoms with Gasteiger partial charge < -0.3 is 9.84 Å². The Labute approximate surface area is 74.9 Å². The third kappa shape index (κ3) is 3.55. The fourth-order valence-corrected chi connectivity index (χ4v) is 1.58. The summed E-state index contributed by atoms with van der Waals surface area (Å²) in [5.74, 6) is 0.743. The van der Waals surface area contributed by atoms with Crippen molar-refractivity contribution >= 4 is 0 Å². The Hall–Kier alpha value is -0.0800. The van der Waals surface area contributed by atoms with Gasteiger partial charge in [-0.15, -0.1) is 0 Å². The summed E-state index contributed by atoms with van der Waals surface area (Å²) in [5, 5.41) is 9.36. The van der Waals surface area contributed by atoms with Gasteiger partial charge in [0.05, 0.1) is 12.2 Å². The first-order valence-corrected chi connectivity index (χ1v) is 4.98. The van der Waals surface area contributed by atoms with E-state index in [1.165, 1.54) is 6.42 Å². The maximum Gasteiger partial charge on any atom is 0.0599 e. The summed E-state index contributed by atoms with van der Waals surface area (Å²) in [7, 11) is 0. The van der Waals surface area contributed by atoms with Crippen molar-refractivity contribution in [1.29, 1.82) is 0 Å². The molecule has 2 heteroatoms. The molecule has 0 amide bonds. The molecule has 0 aromatic rings. The van der Waals surface area contributed by atoms with Crippen molar-refractivity contribution in [3.63, 3.8) is 0 Å². The van der Waals surface area contributed by atoms with Gasteiger partial charge in [-0.25, -0.2) is 0 Å². The van der Waals surface area contributed by atoms with Gasteiger partial charge in [0, 0.05) is 6.61 Å². The molecule has 2 atom stereocenters. The fraction of sp³-hybridized carbons (Fsp3) is 1.00. The molecular weight excluding hydrogens is 152 g/mol. The number of ether oxygens (including phenoxy) is 1. The lowest BCUT2D eigenvalue weighted by Gasteiger charge is -2.26. The van der Waals surface area contributed by atoms with Crippen LogP contribution in [0.25, 0.3) is 0 Å². The Bertz CT molecular complexity index is 123. The summed E-state index contributed by atoms with van der Waals surface area (Å²) in [6, 6.07) is 0. The van der Waals surface area contributed by atoms with Crippen molar-refractivity contribution in [2.75, 3.05) is 6.61 Å². The zero-order valence-corrected chi connectivity index (χ0v) is 8.12. The van der Waals surface area contributed by atoms with Gasteiger partial charge in [-0.3, -0.25) is 0 Å². The summed E-state index contributed by atoms with van der Waals surface area (Å²) in [6.45, 7) is 5.18. The lowest BCUT2D eigenvalue weighted by molar-refractivity contribution is -0.0479. The topological polar surface area (TPSA) is 29.5 Å². The van der Waals surface area contributed by atoms with Crippen LogP contribution in [0.1, 0.15) is 39.5 Å². The van der Waals surface area contributed by atoms with Gasteiger partial charge in [-0.05, 0) is 31.6 Å². The molecular formula is C10H20O2. The van der Waals surface area contributed by atoms with E-state index in [1.807, 2.05) is 0 Å². The molecule has 1 rings (SSSR count). The van der Waals surface area contributed by atoms with E-state index in [4.69, 9.17) is 4.74 Å². The maximum absolute atomic E-state index is 9.36. The zero-order valence-electron chi connectivity index (χ0n) is 8.12. The molecule has 1 aliphatic rings. The Balaban J connectivity index is 2.14. The molecule has 1 aliphatic heterocycles. The molecule has 2 nitrogen and oxygen atoms in total. The number of rotatable bonds is 3. The minimum Gasteiger partial charge on any atom is -0.393 e. The first-order chi connectivity index (χ1) is 5.68. The fourth-order valence-electron chi connectivity index (χ4n) is 1.58. The van der Waals surface area contributed by atoms with E-state index >= 15 is 0 Å². The highest BCUT2D eigenvalue weighted by molar-refractivity contribution is 4.70. The van der Waals surface area contributed by atoms with E-state index in [2.05, 4.69) is 13.8 Å². The second-order valence-corrected chi connectivity index (χ2v) is 4.14. The Morgan fingerprint density at radius 3 is 2.83 bits per heavy atom. The molecule has 1 heterocycles. The van der Waals surface area contributed by atoms with Crippen LogP contribution in [-0.2, 0) is 4.74 Å². The largest absolute Gasteiger partial charge is 0.393 e. The summed E-state index contributed by atoms with van der Waals surface area (Å²) in [6.07, 6.45) is 4.17. The molecule has 0 aromatic heterocycles. The monoisotopic (exact) mass is 172 g/mol. The van der Waals surface area contributed by atoms with Crippen LogP contribution in [-0.4, -0.2) is 23.9 Å². The molecule has 1 fully saturated rings. The zero-order chi connectivity index (χ0) is 8.97. The molecule has 0 spiro atoms. The van der Waals surface area contributed by atoms with Gasteiger partial charge in [-0.1, -0.05) is 13.8 Å². The SMILES string of the molecule is CC(C)CCC1CC(O)CCO1. The number of hydrogen-bond donors (Lipinski definition) is 1. The molecule has 2 unspecified atom stereocenters. The van der Waals surface area contributed by atoms with Gasteiger partial charge in [0.2, 0.25) is 0 Å². The van der Waals surface area contributed by atoms with Crippen LogP contribution in [0.5, 0.6) is 0 Å². The van der Waals surface area contributed by atoms with Crippen molar-refractivity contribution in [1.82, 2.24) is 0 Å². The van der Waals surface area contributed by atoms with Crippen molar-refractivity contribution in [2.24, 2.45) is 5.92 Å². The average molecular weight is 172 g/mol. The van der Waals surface area contributed by atoms with Crippen LogP contribution >= 0.6 is 0 Å². The molecule has 12 heavy (non-hydrogen) atoms. The highest BCUT2D eigenvalue weighted by atomic mass is 16.5. The van der Waals surface area contributed by atoms with Crippen LogP contribution < -0.4 is 0 Å². The van der Waals surface area contributed by atoms with E-state index in [1.54, 1.807) is 0 Å². The Kier molecular flexibility index (Phi) is 4.02. The van der Waals surface area contributed by atoms with Crippen molar-refractivity contribution in [2.45, 2.75) is 51.7 Å². The lowest BCUT2D eigenvalue weighted by atomic mass is 9.98. The first kappa shape index (κ1) is 10.0. The van der Waals surface area contributed by atoms with Crippen LogP contribution in [0.3, 0.4) is 0 Å². The first-order valence-electron chi connectivity index (χ1n) is 4.98. The molecule has 1 N–H and O–H groups in total. The molecule has 72 valence electrons. The predicted octanol–water partition coefficient (Wildman–Crippen LogP) is 1.96. The normalized spacial score (nSPS) is 31.0. The molecule has 0 bridgehead atoms. The van der Waals surface area contributed by atoms with E-state index in [-0.39, 0.29) is 6.10 Å². The summed E-state index contributed by atoms with van der Waals surface area (Å²) in [4.78, 5) is 0. The Morgan fingerprint density at radius 2 is 2.25 bits per heavy atom. The van der Waals surface area contributed by atoms with Gasteiger partial charge in [0.1, 0.15) is 0 Å². The van der Waals surface area contributed by atoms with E-state index in [0.29, 0.717) is 6.10 Å². The van der Waals surface area contributed by atoms with Crippen molar-refractivity contribution in [3.05, 3.63) is 0 Å². The molecule has 0 aromatic carbocycles. The number of aliphatic hydroxyl groups is 1. The smallest absolute Gasteiger partial charge is 0.0599 e. The third-order valence-electron chi connectivity index (χ3n) is 2.41. The summed E-state index contributed by atoms with van der Waals surface area (Å²) >= 11 is 0. The standard InChI is InChI=1S/C10H20O2/c1-8(2)3-4-10-7-9(11)5-6-12-10/h8-11H,3-7H2,1-2H3. The molecule has 0 saturated carbocycles. The highest BCUT2D eigenvalue weighted by Crippen LogP contribution is 2.19. The van der Waals surface area contributed by atoms with Crippen molar-refractivity contribution < 1.29 is 9.84 Å². The van der Waals surface area contributed by atoms with Crippen molar-refractivity contribution in [3.8, 4) is 0 Å². The van der Waals surface area contributed by atoms with Crippen LogP contribution in [0.15, 0.2) is 0 Å². The minimum atomic E-state index is -0.115. The number of hydrogen-bond acceptors (Lipinski definition) is 2. The van der Waals surface area contributed by atoms with Gasteiger partial charge in [0.15, 0.2) is 0 Å². The lowest BCUT2D eigenvalue weighted by Crippen LogP contribution is -2.28. The summed E-state index contributed by atoms with van der Waals surface area (Å²) in [5.41, 5.74) is 0. The third-order valence-corrected chi connectivity index (χ3v) is 2.41. The van der Waals surface area contributed by atoms with Gasteiger partial charge in [-0.2, -0.15) is 0 Å². The van der Waals surface area contributed by atoms with Crippen LogP contribution in [0.4, 0.5) is 0 Å². The summed E-state index contributed by atoms with van der Waals surface area (Å²) < 4.78 is 5.54. The second-order valence-electron chi connectivity index (χ2n) is 4.14. The van der Waals surface area contributed by atoms with Crippen LogP contribution in [0.2, 0.25) is 0 Å². The van der Waals surface area contributed by atoms with Crippen LogP contribution in [0, 0.1) is 5.92 Å². The van der Waals surface area contributed by atoms with E-state index in [9.17, 15) is 5.11 Å². The molecule has 0 aliphatic carbocycles. The Morgan fingerprint density at radius 1 is 1.50 bits per heavy atom. The second kappa shape index (κ2) is 4.83. The van der Waals surface area contributed by atoms with Gasteiger partial charge in [0.25, 0.3) is 0 Å². The molecule has 0 radical (unpaired) electrons. The average Bonchev–Trinajstić information content (AvgIpc) is 2.01. The van der Waals surface area contributed by atoms with E-state index in [0.717, 1.165) is 31.8 Å². The quantitative estimate of drug-likeness (QED) is 0.705. The minimum absolute atomic E-state index is 0.115. The van der Waals surface area contributed by atoms with Gasteiger partial charge >= 0.3 is 0 Å². The predicted molar refractivity (Wildman–Crippen MR) is 49.1 cm³/mol. The van der Waals surface area contributed by atoms with E-state index < -0.39 is 0 Å².